The molecule has 0 saturated carbocycles. The van der Waals surface area contributed by atoms with Gasteiger partial charge in [-0.05, 0) is 19.1 Å². The third-order valence-corrected chi connectivity index (χ3v) is 3.73. The van der Waals surface area contributed by atoms with Crippen LogP contribution in [-0.2, 0) is 14.8 Å². The maximum absolute atomic E-state index is 13.6. The highest BCUT2D eigenvalue weighted by atomic mass is 32.2. The first-order valence-electron chi connectivity index (χ1n) is 5.23. The summed E-state index contributed by atoms with van der Waals surface area (Å²) in [7, 11) is -4.87. The molecule has 11 heteroatoms. The van der Waals surface area contributed by atoms with Gasteiger partial charge in [-0.1, -0.05) is 6.07 Å². The minimum atomic E-state index is -5.24. The van der Waals surface area contributed by atoms with E-state index in [-0.39, 0.29) is 0 Å². The largest absolute Gasteiger partial charge is 0.573 e. The summed E-state index contributed by atoms with van der Waals surface area (Å²) in [4.78, 5) is 9.15. The monoisotopic (exact) mass is 331 g/mol. The van der Waals surface area contributed by atoms with Crippen LogP contribution in [0.3, 0.4) is 0 Å². The molecule has 0 radical (unpaired) electrons. The molecular formula is C10H9F4NO5S. The van der Waals surface area contributed by atoms with Gasteiger partial charge in [-0.2, -0.15) is 4.72 Å². The molecule has 0 unspecified atom stereocenters. The molecule has 0 bridgehead atoms. The van der Waals surface area contributed by atoms with Crippen molar-refractivity contribution < 1.29 is 40.6 Å². The first-order chi connectivity index (χ1) is 9.44. The van der Waals surface area contributed by atoms with Crippen LogP contribution in [0.25, 0.3) is 0 Å². The Kier molecular flexibility index (Phi) is 4.79. The van der Waals surface area contributed by atoms with Gasteiger partial charge in [0.15, 0.2) is 10.6 Å². The molecule has 21 heavy (non-hydrogen) atoms. The highest BCUT2D eigenvalue weighted by Crippen LogP contribution is 2.31. The van der Waals surface area contributed by atoms with Crippen molar-refractivity contribution in [1.29, 1.82) is 0 Å². The van der Waals surface area contributed by atoms with Gasteiger partial charge in [0, 0.05) is 0 Å². The first kappa shape index (κ1) is 17.2. The lowest BCUT2D eigenvalue weighted by molar-refractivity contribution is -0.275. The van der Waals surface area contributed by atoms with E-state index in [0.717, 1.165) is 13.0 Å². The molecular weight excluding hydrogens is 322 g/mol. The van der Waals surface area contributed by atoms with Crippen LogP contribution < -0.4 is 9.46 Å². The Balaban J connectivity index is 3.31. The number of carboxylic acid groups (broad SMARTS) is 1. The van der Waals surface area contributed by atoms with E-state index in [1.165, 1.54) is 4.72 Å². The van der Waals surface area contributed by atoms with E-state index in [2.05, 4.69) is 4.74 Å². The second-order valence-corrected chi connectivity index (χ2v) is 5.45. The number of halogens is 4. The summed E-state index contributed by atoms with van der Waals surface area (Å²) in [6.07, 6.45) is -5.24. The number of benzene rings is 1. The lowest BCUT2D eigenvalue weighted by atomic mass is 10.3. The molecule has 0 aromatic heterocycles. The van der Waals surface area contributed by atoms with Crippen molar-refractivity contribution in [2.45, 2.75) is 24.2 Å². The standard InChI is InChI=1S/C10H9F4NO5S/c1-5(9(16)17)15-21(18,19)8-6(11)3-2-4-7(8)20-10(12,13)14/h2-5,15H,1H3,(H,16,17)/t5-/m1/s1. The average Bonchev–Trinajstić information content (AvgIpc) is 2.25. The number of rotatable bonds is 5. The zero-order valence-corrected chi connectivity index (χ0v) is 11.1. The van der Waals surface area contributed by atoms with E-state index >= 15 is 0 Å². The van der Waals surface area contributed by atoms with Crippen LogP contribution in [0.15, 0.2) is 23.1 Å². The Bertz CT molecular complexity index is 643. The Morgan fingerprint density at radius 3 is 2.43 bits per heavy atom. The van der Waals surface area contributed by atoms with Crippen molar-refractivity contribution in [1.82, 2.24) is 4.72 Å². The maximum atomic E-state index is 13.6. The fourth-order valence-corrected chi connectivity index (χ4v) is 2.68. The number of ether oxygens (including phenoxy) is 1. The van der Waals surface area contributed by atoms with Crippen molar-refractivity contribution in [2.75, 3.05) is 0 Å². The lowest BCUT2D eigenvalue weighted by Crippen LogP contribution is -2.39. The summed E-state index contributed by atoms with van der Waals surface area (Å²) in [5.41, 5.74) is 0. The van der Waals surface area contributed by atoms with Gasteiger partial charge >= 0.3 is 12.3 Å². The molecule has 1 aromatic rings. The van der Waals surface area contributed by atoms with Crippen LogP contribution in [0.2, 0.25) is 0 Å². The zero-order valence-electron chi connectivity index (χ0n) is 10.3. The van der Waals surface area contributed by atoms with Crippen LogP contribution >= 0.6 is 0 Å². The van der Waals surface area contributed by atoms with Crippen molar-refractivity contribution >= 4 is 16.0 Å². The summed E-state index contributed by atoms with van der Waals surface area (Å²) >= 11 is 0. The van der Waals surface area contributed by atoms with Crippen LogP contribution in [0, 0.1) is 5.82 Å². The molecule has 6 nitrogen and oxygen atoms in total. The molecule has 0 aliphatic carbocycles. The molecule has 0 saturated heterocycles. The molecule has 0 amide bonds. The zero-order chi connectivity index (χ0) is 16.4. The minimum Gasteiger partial charge on any atom is -0.480 e. The Labute approximate surface area is 116 Å². The lowest BCUT2D eigenvalue weighted by Gasteiger charge is -2.15. The van der Waals surface area contributed by atoms with E-state index in [1.807, 2.05) is 0 Å². The Morgan fingerprint density at radius 1 is 1.38 bits per heavy atom. The average molecular weight is 331 g/mol. The van der Waals surface area contributed by atoms with E-state index in [4.69, 9.17) is 5.11 Å². The molecule has 1 atom stereocenters. The van der Waals surface area contributed by atoms with Gasteiger partial charge in [-0.3, -0.25) is 4.79 Å². The molecule has 0 aliphatic heterocycles. The summed E-state index contributed by atoms with van der Waals surface area (Å²) in [6, 6.07) is 0.337. The highest BCUT2D eigenvalue weighted by molar-refractivity contribution is 7.89. The van der Waals surface area contributed by atoms with Gasteiger partial charge in [0.05, 0.1) is 0 Å². The number of nitrogens with one attached hydrogen (secondary N) is 1. The fraction of sp³-hybridized carbons (Fsp3) is 0.300. The topological polar surface area (TPSA) is 92.7 Å². The van der Waals surface area contributed by atoms with Crippen molar-refractivity contribution in [2.24, 2.45) is 0 Å². The SMILES string of the molecule is C[C@@H](NS(=O)(=O)c1c(F)cccc1OC(F)(F)F)C(=O)O. The number of hydrogen-bond donors (Lipinski definition) is 2. The first-order valence-corrected chi connectivity index (χ1v) is 6.72. The van der Waals surface area contributed by atoms with E-state index in [1.54, 1.807) is 0 Å². The molecule has 118 valence electrons. The second kappa shape index (κ2) is 5.85. The van der Waals surface area contributed by atoms with Crippen molar-refractivity contribution in [3.63, 3.8) is 0 Å². The van der Waals surface area contributed by atoms with Crippen LogP contribution in [0.1, 0.15) is 6.92 Å². The van der Waals surface area contributed by atoms with Gasteiger partial charge in [0.25, 0.3) is 0 Å². The summed E-state index contributed by atoms with van der Waals surface area (Å²) in [6.45, 7) is 0.922. The third-order valence-electron chi connectivity index (χ3n) is 2.13. The summed E-state index contributed by atoms with van der Waals surface area (Å²) in [5.74, 6) is -4.40. The maximum Gasteiger partial charge on any atom is 0.573 e. The van der Waals surface area contributed by atoms with E-state index in [9.17, 15) is 30.8 Å². The Morgan fingerprint density at radius 2 is 1.95 bits per heavy atom. The predicted octanol–water partition coefficient (Wildman–Crippen LogP) is 1.48. The molecule has 1 aromatic carbocycles. The van der Waals surface area contributed by atoms with E-state index < -0.39 is 44.9 Å². The molecule has 0 heterocycles. The second-order valence-electron chi connectivity index (χ2n) is 3.80. The van der Waals surface area contributed by atoms with Crippen LogP contribution in [0.4, 0.5) is 17.6 Å². The summed E-state index contributed by atoms with van der Waals surface area (Å²) < 4.78 is 78.7. The van der Waals surface area contributed by atoms with Crippen molar-refractivity contribution in [3.8, 4) is 5.75 Å². The third kappa shape index (κ3) is 4.56. The number of carboxylic acids is 1. The molecule has 2 N–H and O–H groups in total. The molecule has 1 rings (SSSR count). The predicted molar refractivity (Wildman–Crippen MR) is 60.5 cm³/mol. The smallest absolute Gasteiger partial charge is 0.480 e. The number of sulfonamides is 1. The number of alkyl halides is 3. The quantitative estimate of drug-likeness (QED) is 0.797. The fourth-order valence-electron chi connectivity index (χ4n) is 1.30. The molecule has 0 aliphatic rings. The minimum absolute atomic E-state index is 0.594. The number of aliphatic carboxylic acids is 1. The summed E-state index contributed by atoms with van der Waals surface area (Å²) in [5, 5.41) is 8.59. The van der Waals surface area contributed by atoms with Gasteiger partial charge in [-0.25, -0.2) is 12.8 Å². The molecule has 0 fully saturated rings. The number of hydrogen-bond acceptors (Lipinski definition) is 4. The van der Waals surface area contributed by atoms with Crippen LogP contribution in [-0.4, -0.2) is 31.9 Å². The van der Waals surface area contributed by atoms with Gasteiger partial charge in [-0.15, -0.1) is 13.2 Å². The highest BCUT2D eigenvalue weighted by Gasteiger charge is 2.36. The van der Waals surface area contributed by atoms with Gasteiger partial charge in [0.2, 0.25) is 10.0 Å². The van der Waals surface area contributed by atoms with Crippen molar-refractivity contribution in [3.05, 3.63) is 24.0 Å². The number of carbonyl (C=O) groups is 1. The van der Waals surface area contributed by atoms with E-state index in [0.29, 0.717) is 12.1 Å². The Hall–Kier alpha value is -1.88. The molecule has 0 spiro atoms. The normalized spacial score (nSPS) is 13.8. The van der Waals surface area contributed by atoms with Gasteiger partial charge in [0.1, 0.15) is 11.9 Å². The van der Waals surface area contributed by atoms with Gasteiger partial charge < -0.3 is 9.84 Å². The van der Waals surface area contributed by atoms with Crippen LogP contribution in [0.5, 0.6) is 5.75 Å².